The van der Waals surface area contributed by atoms with Gasteiger partial charge < -0.3 is 4.74 Å². The maximum atomic E-state index is 12.5. The third-order valence-corrected chi connectivity index (χ3v) is 5.21. The van der Waals surface area contributed by atoms with Gasteiger partial charge in [-0.1, -0.05) is 97.6 Å². The molecule has 148 valence electrons. The van der Waals surface area contributed by atoms with Crippen LogP contribution in [0.2, 0.25) is 0 Å². The molecule has 0 radical (unpaired) electrons. The van der Waals surface area contributed by atoms with Crippen molar-refractivity contribution in [2.45, 2.75) is 25.6 Å². The summed E-state index contributed by atoms with van der Waals surface area (Å²) in [6, 6.07) is 30.4. The third kappa shape index (κ3) is 5.01. The molecule has 0 fully saturated rings. The van der Waals surface area contributed by atoms with Crippen LogP contribution in [0.3, 0.4) is 0 Å². The fraction of sp³-hybridized carbons (Fsp3) is 0.192. The Morgan fingerprint density at radius 1 is 0.862 bits per heavy atom. The molecule has 0 N–H and O–H groups in total. The molecule has 0 heterocycles. The van der Waals surface area contributed by atoms with Gasteiger partial charge in [-0.05, 0) is 23.6 Å². The lowest BCUT2D eigenvalue weighted by molar-refractivity contribution is -0.137. The van der Waals surface area contributed by atoms with E-state index in [1.807, 2.05) is 66.7 Å². The van der Waals surface area contributed by atoms with Gasteiger partial charge in [0.1, 0.15) is 0 Å². The van der Waals surface area contributed by atoms with Gasteiger partial charge in [-0.3, -0.25) is 4.90 Å². The van der Waals surface area contributed by atoms with Gasteiger partial charge in [0.2, 0.25) is 0 Å². The fourth-order valence-corrected chi connectivity index (χ4v) is 3.64. The van der Waals surface area contributed by atoms with Gasteiger partial charge in [0.25, 0.3) is 0 Å². The Morgan fingerprint density at radius 2 is 1.34 bits per heavy atom. The molecule has 1 unspecified atom stereocenters. The Labute approximate surface area is 173 Å². The maximum Gasteiger partial charge on any atom is 0.335 e. The number of carbonyl (C=O) groups is 1. The highest BCUT2D eigenvalue weighted by Crippen LogP contribution is 2.36. The molecule has 2 atom stereocenters. The van der Waals surface area contributed by atoms with E-state index in [2.05, 4.69) is 42.7 Å². The Morgan fingerprint density at radius 3 is 1.86 bits per heavy atom. The number of rotatable bonds is 8. The fourth-order valence-electron chi connectivity index (χ4n) is 3.64. The molecule has 29 heavy (non-hydrogen) atoms. The van der Waals surface area contributed by atoms with E-state index in [-0.39, 0.29) is 12.1 Å². The lowest BCUT2D eigenvalue weighted by Crippen LogP contribution is -2.34. The second-order valence-corrected chi connectivity index (χ2v) is 7.07. The molecule has 0 saturated heterocycles. The molecule has 0 amide bonds. The Kier molecular flexibility index (Phi) is 6.99. The monoisotopic (exact) mass is 385 g/mol. The molecule has 0 aliphatic carbocycles. The van der Waals surface area contributed by atoms with Gasteiger partial charge in [-0.2, -0.15) is 0 Å². The van der Waals surface area contributed by atoms with Crippen molar-refractivity contribution in [3.63, 3.8) is 0 Å². The van der Waals surface area contributed by atoms with E-state index < -0.39 is 5.97 Å². The second kappa shape index (κ2) is 9.85. The first kappa shape index (κ1) is 20.6. The molecule has 0 bridgehead atoms. The van der Waals surface area contributed by atoms with Crippen LogP contribution in [-0.2, 0) is 16.1 Å². The third-order valence-electron chi connectivity index (χ3n) is 5.21. The first-order valence-corrected chi connectivity index (χ1v) is 9.78. The zero-order chi connectivity index (χ0) is 20.6. The largest absolute Gasteiger partial charge is 0.466 e. The van der Waals surface area contributed by atoms with Gasteiger partial charge >= 0.3 is 5.97 Å². The summed E-state index contributed by atoms with van der Waals surface area (Å²) in [5, 5.41) is 0. The lowest BCUT2D eigenvalue weighted by Gasteiger charge is -2.37. The number of methoxy groups -OCH3 is 1. The van der Waals surface area contributed by atoms with Crippen LogP contribution in [0.25, 0.3) is 0 Å². The predicted octanol–water partition coefficient (Wildman–Crippen LogP) is 5.72. The molecule has 0 aliphatic rings. The maximum absolute atomic E-state index is 12.5. The first-order valence-electron chi connectivity index (χ1n) is 9.78. The molecule has 3 aromatic carbocycles. The van der Waals surface area contributed by atoms with Crippen molar-refractivity contribution in [1.82, 2.24) is 4.90 Å². The topological polar surface area (TPSA) is 29.5 Å². The molecular formula is C26H27NO2. The normalized spacial score (nSPS) is 12.9. The van der Waals surface area contributed by atoms with Crippen molar-refractivity contribution < 1.29 is 9.53 Å². The lowest BCUT2D eigenvalue weighted by atomic mass is 9.94. The summed E-state index contributed by atoms with van der Waals surface area (Å²) in [6.07, 6.45) is 0. The summed E-state index contributed by atoms with van der Waals surface area (Å²) in [4.78, 5) is 14.8. The van der Waals surface area contributed by atoms with E-state index in [0.29, 0.717) is 12.1 Å². The van der Waals surface area contributed by atoms with Crippen LogP contribution in [0.15, 0.2) is 103 Å². The number of hydrogen-bond donors (Lipinski definition) is 0. The van der Waals surface area contributed by atoms with Crippen molar-refractivity contribution in [2.75, 3.05) is 7.11 Å². The van der Waals surface area contributed by atoms with E-state index >= 15 is 0 Å². The average molecular weight is 386 g/mol. The van der Waals surface area contributed by atoms with Crippen LogP contribution in [0, 0.1) is 0 Å². The van der Waals surface area contributed by atoms with Gasteiger partial charge in [0.05, 0.1) is 18.7 Å². The SMILES string of the molecule is C=C(C(=O)OC)C(c1ccccc1)N(Cc1ccccc1)[C@@H](C)c1ccccc1. The Balaban J connectivity index is 2.08. The van der Waals surface area contributed by atoms with Crippen molar-refractivity contribution >= 4 is 5.97 Å². The second-order valence-electron chi connectivity index (χ2n) is 7.07. The number of esters is 1. The first-order chi connectivity index (χ1) is 14.1. The van der Waals surface area contributed by atoms with E-state index in [1.165, 1.54) is 18.2 Å². The van der Waals surface area contributed by atoms with Crippen LogP contribution < -0.4 is 0 Å². The van der Waals surface area contributed by atoms with Gasteiger partial charge in [-0.25, -0.2) is 4.79 Å². The van der Waals surface area contributed by atoms with Crippen LogP contribution in [0.5, 0.6) is 0 Å². The highest BCUT2D eigenvalue weighted by atomic mass is 16.5. The zero-order valence-electron chi connectivity index (χ0n) is 17.0. The minimum Gasteiger partial charge on any atom is -0.466 e. The summed E-state index contributed by atoms with van der Waals surface area (Å²) in [6.45, 7) is 6.96. The highest BCUT2D eigenvalue weighted by molar-refractivity contribution is 5.89. The summed E-state index contributed by atoms with van der Waals surface area (Å²) < 4.78 is 5.04. The predicted molar refractivity (Wildman–Crippen MR) is 117 cm³/mol. The molecular weight excluding hydrogens is 358 g/mol. The summed E-state index contributed by atoms with van der Waals surface area (Å²) in [5.41, 5.74) is 3.80. The molecule has 0 aromatic heterocycles. The number of carbonyl (C=O) groups excluding carboxylic acids is 1. The van der Waals surface area contributed by atoms with Crippen LogP contribution in [0.4, 0.5) is 0 Å². The summed E-state index contributed by atoms with van der Waals surface area (Å²) in [7, 11) is 1.40. The molecule has 0 aliphatic heterocycles. The van der Waals surface area contributed by atoms with Crippen LogP contribution >= 0.6 is 0 Å². The van der Waals surface area contributed by atoms with E-state index in [9.17, 15) is 4.79 Å². The molecule has 0 saturated carbocycles. The minimum atomic E-state index is -0.392. The highest BCUT2D eigenvalue weighted by Gasteiger charge is 2.31. The Hall–Kier alpha value is -3.17. The van der Waals surface area contributed by atoms with E-state index in [4.69, 9.17) is 4.74 Å². The number of nitrogens with zero attached hydrogens (tertiary/aromatic N) is 1. The molecule has 0 spiro atoms. The molecule has 3 aromatic rings. The summed E-state index contributed by atoms with van der Waals surface area (Å²) >= 11 is 0. The van der Waals surface area contributed by atoms with Crippen molar-refractivity contribution in [3.8, 4) is 0 Å². The number of benzene rings is 3. The van der Waals surface area contributed by atoms with Crippen LogP contribution in [-0.4, -0.2) is 18.0 Å². The minimum absolute atomic E-state index is 0.0584. The van der Waals surface area contributed by atoms with Crippen molar-refractivity contribution in [3.05, 3.63) is 120 Å². The van der Waals surface area contributed by atoms with Gasteiger partial charge in [0, 0.05) is 12.6 Å². The zero-order valence-corrected chi connectivity index (χ0v) is 17.0. The average Bonchev–Trinajstić information content (AvgIpc) is 2.79. The van der Waals surface area contributed by atoms with Crippen molar-refractivity contribution in [1.29, 1.82) is 0 Å². The van der Waals surface area contributed by atoms with E-state index in [1.54, 1.807) is 0 Å². The van der Waals surface area contributed by atoms with Gasteiger partial charge in [-0.15, -0.1) is 0 Å². The van der Waals surface area contributed by atoms with Gasteiger partial charge in [0.15, 0.2) is 0 Å². The smallest absolute Gasteiger partial charge is 0.335 e. The van der Waals surface area contributed by atoms with Crippen molar-refractivity contribution in [2.24, 2.45) is 0 Å². The molecule has 3 nitrogen and oxygen atoms in total. The van der Waals surface area contributed by atoms with E-state index in [0.717, 1.165) is 5.56 Å². The number of ether oxygens (including phenoxy) is 1. The molecule has 3 heteroatoms. The summed E-state index contributed by atoms with van der Waals surface area (Å²) in [5.74, 6) is -0.392. The van der Waals surface area contributed by atoms with Crippen LogP contribution in [0.1, 0.15) is 35.7 Å². The quantitative estimate of drug-likeness (QED) is 0.367. The number of hydrogen-bond acceptors (Lipinski definition) is 3. The standard InChI is InChI=1S/C26H27NO2/c1-20(26(28)29-3)25(24-17-11-6-12-18-24)27(19-22-13-7-4-8-14-22)21(2)23-15-9-5-10-16-23/h4-18,21,25H,1,19H2,2-3H3/t21-,25?/m0/s1. The molecule has 3 rings (SSSR count). The Bertz CT molecular complexity index is 923.